The Morgan fingerprint density at radius 1 is 1.28 bits per heavy atom. The van der Waals surface area contributed by atoms with E-state index in [-0.39, 0.29) is 5.41 Å². The lowest BCUT2D eigenvalue weighted by atomic mass is 9.63. The molecule has 25 heavy (non-hydrogen) atoms. The number of rotatable bonds is 6. The molecule has 5 heteroatoms. The van der Waals surface area contributed by atoms with Crippen molar-refractivity contribution < 1.29 is 0 Å². The molecule has 1 aliphatic heterocycles. The second-order valence-corrected chi connectivity index (χ2v) is 8.58. The first-order chi connectivity index (χ1) is 12.2. The number of halogens is 1. The second-order valence-electron chi connectivity index (χ2n) is 7.29. The summed E-state index contributed by atoms with van der Waals surface area (Å²) in [6, 6.07) is 9.01. The molecule has 1 saturated carbocycles. The highest BCUT2D eigenvalue weighted by Crippen LogP contribution is 2.49. The van der Waals surface area contributed by atoms with Crippen LogP contribution in [0, 0.1) is 0 Å². The molecule has 1 N–H and O–H groups in total. The van der Waals surface area contributed by atoms with Gasteiger partial charge in [0, 0.05) is 28.4 Å². The van der Waals surface area contributed by atoms with Crippen molar-refractivity contribution in [2.24, 2.45) is 0 Å². The fourth-order valence-corrected chi connectivity index (χ4v) is 5.26. The molecule has 1 saturated heterocycles. The van der Waals surface area contributed by atoms with Crippen LogP contribution < -0.4 is 5.32 Å². The Morgan fingerprint density at radius 2 is 2.08 bits per heavy atom. The van der Waals surface area contributed by atoms with Gasteiger partial charge in [0.1, 0.15) is 0 Å². The lowest BCUT2D eigenvalue weighted by Crippen LogP contribution is -2.36. The first kappa shape index (κ1) is 17.3. The maximum atomic E-state index is 6.07. The zero-order chi connectivity index (χ0) is 17.3. The van der Waals surface area contributed by atoms with Gasteiger partial charge in [0.05, 0.1) is 5.69 Å². The molecule has 0 amide bonds. The molecule has 1 atom stereocenters. The van der Waals surface area contributed by atoms with Crippen LogP contribution in [0.5, 0.6) is 0 Å². The van der Waals surface area contributed by atoms with Crippen molar-refractivity contribution in [2.75, 3.05) is 25.0 Å². The molecule has 3 nitrogen and oxygen atoms in total. The highest BCUT2D eigenvalue weighted by Gasteiger charge is 2.42. The Bertz CT molecular complexity index is 708. The van der Waals surface area contributed by atoms with Gasteiger partial charge in [0.15, 0.2) is 5.13 Å². The first-order valence-corrected chi connectivity index (χ1v) is 10.7. The van der Waals surface area contributed by atoms with Crippen LogP contribution in [0.2, 0.25) is 5.02 Å². The molecule has 2 fully saturated rings. The van der Waals surface area contributed by atoms with E-state index in [2.05, 4.69) is 34.7 Å². The third kappa shape index (κ3) is 3.32. The van der Waals surface area contributed by atoms with E-state index in [9.17, 15) is 0 Å². The molecule has 1 aliphatic carbocycles. The summed E-state index contributed by atoms with van der Waals surface area (Å²) >= 11 is 7.82. The average molecular weight is 376 g/mol. The van der Waals surface area contributed by atoms with Crippen molar-refractivity contribution >= 4 is 28.1 Å². The third-order valence-electron chi connectivity index (χ3n) is 5.99. The van der Waals surface area contributed by atoms with E-state index < -0.39 is 0 Å². The highest BCUT2D eigenvalue weighted by atomic mass is 35.5. The van der Waals surface area contributed by atoms with Gasteiger partial charge >= 0.3 is 0 Å². The van der Waals surface area contributed by atoms with E-state index in [1.165, 1.54) is 49.9 Å². The van der Waals surface area contributed by atoms with E-state index in [1.54, 1.807) is 11.3 Å². The topological polar surface area (TPSA) is 28.2 Å². The van der Waals surface area contributed by atoms with Crippen LogP contribution in [0.25, 0.3) is 0 Å². The van der Waals surface area contributed by atoms with Crippen molar-refractivity contribution in [1.82, 2.24) is 9.88 Å². The number of hydrogen-bond donors (Lipinski definition) is 1. The van der Waals surface area contributed by atoms with E-state index >= 15 is 0 Å². The van der Waals surface area contributed by atoms with Gasteiger partial charge in [0.25, 0.3) is 0 Å². The van der Waals surface area contributed by atoms with Crippen LogP contribution >= 0.6 is 22.9 Å². The SMILES string of the molecule is CCN1CCCC1CNc1nc(C2(c3ccc(Cl)cc3)CCC2)cs1. The Morgan fingerprint density at radius 3 is 2.76 bits per heavy atom. The van der Waals surface area contributed by atoms with Crippen molar-refractivity contribution in [3.63, 3.8) is 0 Å². The predicted octanol–water partition coefficient (Wildman–Crippen LogP) is 5.16. The van der Waals surface area contributed by atoms with Crippen molar-refractivity contribution in [2.45, 2.75) is 50.5 Å². The second kappa shape index (κ2) is 7.26. The molecule has 1 aromatic carbocycles. The number of hydrogen-bond acceptors (Lipinski definition) is 4. The molecule has 2 heterocycles. The highest BCUT2D eigenvalue weighted by molar-refractivity contribution is 7.13. The first-order valence-electron chi connectivity index (χ1n) is 9.41. The van der Waals surface area contributed by atoms with Crippen LogP contribution in [-0.2, 0) is 5.41 Å². The number of likely N-dealkylation sites (N-methyl/N-ethyl adjacent to an activating group) is 1. The summed E-state index contributed by atoms with van der Waals surface area (Å²) < 4.78 is 0. The molecule has 1 aromatic heterocycles. The van der Waals surface area contributed by atoms with Crippen LogP contribution in [0.15, 0.2) is 29.6 Å². The number of aromatic nitrogens is 1. The minimum atomic E-state index is 0.101. The Kier molecular flexibility index (Phi) is 5.03. The number of benzene rings is 1. The molecule has 0 bridgehead atoms. The zero-order valence-corrected chi connectivity index (χ0v) is 16.4. The van der Waals surface area contributed by atoms with Crippen molar-refractivity contribution in [3.05, 3.63) is 45.9 Å². The standard InChI is InChI=1S/C20H26ClN3S/c1-2-24-12-3-5-17(24)13-22-19-23-18(14-25-19)20(10-4-11-20)15-6-8-16(21)9-7-15/h6-9,14,17H,2-5,10-13H2,1H3,(H,22,23). The van der Waals surface area contributed by atoms with E-state index in [0.717, 1.165) is 23.2 Å². The summed E-state index contributed by atoms with van der Waals surface area (Å²) in [4.78, 5) is 7.54. The van der Waals surface area contributed by atoms with Crippen LogP contribution in [0.1, 0.15) is 50.3 Å². The van der Waals surface area contributed by atoms with Crippen LogP contribution in [-0.4, -0.2) is 35.6 Å². The average Bonchev–Trinajstić information content (AvgIpc) is 3.22. The lowest BCUT2D eigenvalue weighted by Gasteiger charge is -2.41. The van der Waals surface area contributed by atoms with Gasteiger partial charge in [-0.2, -0.15) is 0 Å². The molecule has 0 spiro atoms. The lowest BCUT2D eigenvalue weighted by molar-refractivity contribution is 0.277. The normalized spacial score (nSPS) is 22.7. The van der Waals surface area contributed by atoms with E-state index in [1.807, 2.05) is 12.1 Å². The summed E-state index contributed by atoms with van der Waals surface area (Å²) in [5, 5.41) is 7.72. The molecule has 1 unspecified atom stereocenters. The van der Waals surface area contributed by atoms with Gasteiger partial charge < -0.3 is 5.32 Å². The third-order valence-corrected chi connectivity index (χ3v) is 7.04. The monoisotopic (exact) mass is 375 g/mol. The summed E-state index contributed by atoms with van der Waals surface area (Å²) in [5.74, 6) is 0. The Balaban J connectivity index is 1.47. The number of nitrogens with one attached hydrogen (secondary N) is 1. The van der Waals surface area contributed by atoms with Crippen LogP contribution in [0.3, 0.4) is 0 Å². The maximum absolute atomic E-state index is 6.07. The molecule has 0 radical (unpaired) electrons. The van der Waals surface area contributed by atoms with Crippen LogP contribution in [0.4, 0.5) is 5.13 Å². The zero-order valence-electron chi connectivity index (χ0n) is 14.8. The Labute approximate surface area is 159 Å². The van der Waals surface area contributed by atoms with Crippen molar-refractivity contribution in [3.8, 4) is 0 Å². The largest absolute Gasteiger partial charge is 0.360 e. The van der Waals surface area contributed by atoms with Gasteiger partial charge in [-0.1, -0.05) is 37.1 Å². The molecular weight excluding hydrogens is 350 g/mol. The number of nitrogens with zero attached hydrogens (tertiary/aromatic N) is 2. The predicted molar refractivity (Wildman–Crippen MR) is 107 cm³/mol. The van der Waals surface area contributed by atoms with Gasteiger partial charge in [0.2, 0.25) is 0 Å². The molecule has 2 aromatic rings. The fourth-order valence-electron chi connectivity index (χ4n) is 4.31. The number of likely N-dealkylation sites (tertiary alicyclic amines) is 1. The summed E-state index contributed by atoms with van der Waals surface area (Å²) in [6.07, 6.45) is 6.27. The minimum Gasteiger partial charge on any atom is -0.360 e. The quantitative estimate of drug-likeness (QED) is 0.755. The minimum absolute atomic E-state index is 0.101. The Hall–Kier alpha value is -1.10. The van der Waals surface area contributed by atoms with Gasteiger partial charge in [-0.15, -0.1) is 11.3 Å². The van der Waals surface area contributed by atoms with E-state index in [4.69, 9.17) is 16.6 Å². The summed E-state index contributed by atoms with van der Waals surface area (Å²) in [7, 11) is 0. The van der Waals surface area contributed by atoms with Crippen molar-refractivity contribution in [1.29, 1.82) is 0 Å². The van der Waals surface area contributed by atoms with Gasteiger partial charge in [-0.05, 0) is 56.5 Å². The molecule has 2 aliphatic rings. The van der Waals surface area contributed by atoms with Gasteiger partial charge in [-0.3, -0.25) is 4.90 Å². The number of anilines is 1. The van der Waals surface area contributed by atoms with Gasteiger partial charge in [-0.25, -0.2) is 4.98 Å². The fraction of sp³-hybridized carbons (Fsp3) is 0.550. The summed E-state index contributed by atoms with van der Waals surface area (Å²) in [6.45, 7) is 5.65. The molecule has 134 valence electrons. The maximum Gasteiger partial charge on any atom is 0.182 e. The smallest absolute Gasteiger partial charge is 0.182 e. The number of thiazole rings is 1. The summed E-state index contributed by atoms with van der Waals surface area (Å²) in [5.41, 5.74) is 2.68. The molecular formula is C20H26ClN3S. The molecule has 4 rings (SSSR count). The van der Waals surface area contributed by atoms with E-state index in [0.29, 0.717) is 6.04 Å².